The fourth-order valence-electron chi connectivity index (χ4n) is 3.00. The molecule has 130 valence electrons. The molecule has 0 bridgehead atoms. The van der Waals surface area contributed by atoms with E-state index in [9.17, 15) is 13.2 Å². The minimum atomic E-state index is -3.68. The Morgan fingerprint density at radius 2 is 1.79 bits per heavy atom. The summed E-state index contributed by atoms with van der Waals surface area (Å²) in [6, 6.07) is 4.90. The summed E-state index contributed by atoms with van der Waals surface area (Å²) in [5.41, 5.74) is 0.788. The van der Waals surface area contributed by atoms with Gasteiger partial charge in [-0.2, -0.15) is 4.31 Å². The molecule has 1 aromatic rings. The smallest absolute Gasteiger partial charge is 0.243 e. The van der Waals surface area contributed by atoms with Gasteiger partial charge in [-0.05, 0) is 44.5 Å². The van der Waals surface area contributed by atoms with Crippen LogP contribution in [0.1, 0.15) is 26.3 Å². The van der Waals surface area contributed by atoms with Gasteiger partial charge < -0.3 is 4.90 Å². The number of amides is 1. The Hall–Kier alpha value is -1.92. The van der Waals surface area contributed by atoms with E-state index in [0.717, 1.165) is 11.3 Å². The highest BCUT2D eigenvalue weighted by atomic mass is 32.2. The molecular weight excluding hydrogens is 324 g/mol. The summed E-state index contributed by atoms with van der Waals surface area (Å²) >= 11 is 0. The number of sulfonamides is 1. The molecule has 0 N–H and O–H groups in total. The summed E-state index contributed by atoms with van der Waals surface area (Å²) in [6.45, 7) is 13.7. The van der Waals surface area contributed by atoms with Crippen LogP contribution in [0.3, 0.4) is 0 Å². The number of nitrogens with zero attached hydrogens (tertiary/aromatic N) is 2. The standard InChI is InChI=1S/C18H24N2O3S/c1-6-11-19(12-7-2)24(22,23)14-9-10-16-15(13-14)18(4,5)17(21)20(16)8-3/h6-7,9-10,13H,1-2,8,11-12H2,3-5H3. The molecule has 0 saturated heterocycles. The van der Waals surface area contributed by atoms with Crippen LogP contribution in [-0.4, -0.2) is 38.3 Å². The third-order valence-corrected chi connectivity index (χ3v) is 6.16. The normalized spacial score (nSPS) is 16.3. The van der Waals surface area contributed by atoms with Crippen LogP contribution in [0.5, 0.6) is 0 Å². The second-order valence-electron chi connectivity index (χ2n) is 6.25. The minimum Gasteiger partial charge on any atom is -0.312 e. The number of carbonyl (C=O) groups excluding carboxylic acids is 1. The Balaban J connectivity index is 2.56. The van der Waals surface area contributed by atoms with E-state index in [0.29, 0.717) is 6.54 Å². The van der Waals surface area contributed by atoms with Crippen molar-refractivity contribution in [2.75, 3.05) is 24.5 Å². The lowest BCUT2D eigenvalue weighted by molar-refractivity contribution is -0.122. The fraction of sp³-hybridized carbons (Fsp3) is 0.389. The molecular formula is C18H24N2O3S. The van der Waals surface area contributed by atoms with Crippen LogP contribution in [0.15, 0.2) is 48.4 Å². The van der Waals surface area contributed by atoms with Gasteiger partial charge in [0.1, 0.15) is 0 Å². The summed E-state index contributed by atoms with van der Waals surface area (Å²) in [6.07, 6.45) is 3.08. The zero-order valence-electron chi connectivity index (χ0n) is 14.4. The maximum Gasteiger partial charge on any atom is 0.243 e. The van der Waals surface area contributed by atoms with Crippen molar-refractivity contribution < 1.29 is 13.2 Å². The predicted octanol–water partition coefficient (Wildman–Crippen LogP) is 2.69. The van der Waals surface area contributed by atoms with E-state index in [1.807, 2.05) is 20.8 Å². The summed E-state index contributed by atoms with van der Waals surface area (Å²) in [5, 5.41) is 0. The molecule has 0 aromatic heterocycles. The number of likely N-dealkylation sites (N-methyl/N-ethyl adjacent to an activating group) is 1. The first-order valence-electron chi connectivity index (χ1n) is 7.90. The van der Waals surface area contributed by atoms with Crippen LogP contribution >= 0.6 is 0 Å². The quantitative estimate of drug-likeness (QED) is 0.712. The summed E-state index contributed by atoms with van der Waals surface area (Å²) < 4.78 is 27.1. The van der Waals surface area contributed by atoms with E-state index in [1.54, 1.807) is 35.3 Å². The Morgan fingerprint density at radius 3 is 2.29 bits per heavy atom. The minimum absolute atomic E-state index is 0.0106. The Bertz CT molecular complexity index is 771. The zero-order chi connectivity index (χ0) is 18.1. The molecule has 2 rings (SSSR count). The first-order chi connectivity index (χ1) is 11.2. The monoisotopic (exact) mass is 348 g/mol. The average Bonchev–Trinajstić information content (AvgIpc) is 2.73. The van der Waals surface area contributed by atoms with E-state index in [-0.39, 0.29) is 23.9 Å². The van der Waals surface area contributed by atoms with Crippen LogP contribution in [0, 0.1) is 0 Å². The largest absolute Gasteiger partial charge is 0.312 e. The summed E-state index contributed by atoms with van der Waals surface area (Å²) in [4.78, 5) is 14.4. The first kappa shape index (κ1) is 18.4. The molecule has 0 fully saturated rings. The average molecular weight is 348 g/mol. The zero-order valence-corrected chi connectivity index (χ0v) is 15.3. The van der Waals surface area contributed by atoms with Gasteiger partial charge >= 0.3 is 0 Å². The SMILES string of the molecule is C=CCN(CC=C)S(=O)(=O)c1ccc2c(c1)C(C)(C)C(=O)N2CC. The van der Waals surface area contributed by atoms with Gasteiger partial charge in [-0.3, -0.25) is 4.79 Å². The molecule has 1 aliphatic heterocycles. The van der Waals surface area contributed by atoms with Crippen molar-refractivity contribution in [1.29, 1.82) is 0 Å². The Kier molecular flexibility index (Phi) is 5.01. The lowest BCUT2D eigenvalue weighted by Crippen LogP contribution is -2.35. The van der Waals surface area contributed by atoms with Gasteiger partial charge in [0.15, 0.2) is 0 Å². The fourth-order valence-corrected chi connectivity index (χ4v) is 4.40. The lowest BCUT2D eigenvalue weighted by atomic mass is 9.86. The molecule has 5 nitrogen and oxygen atoms in total. The van der Waals surface area contributed by atoms with E-state index in [4.69, 9.17) is 0 Å². The maximum atomic E-state index is 12.9. The van der Waals surface area contributed by atoms with Crippen LogP contribution in [-0.2, 0) is 20.2 Å². The van der Waals surface area contributed by atoms with Crippen molar-refractivity contribution >= 4 is 21.6 Å². The van der Waals surface area contributed by atoms with E-state index >= 15 is 0 Å². The van der Waals surface area contributed by atoms with Crippen molar-refractivity contribution in [3.05, 3.63) is 49.1 Å². The molecule has 0 atom stereocenters. The molecule has 0 saturated carbocycles. The van der Waals surface area contributed by atoms with Gasteiger partial charge in [-0.25, -0.2) is 8.42 Å². The second kappa shape index (κ2) is 6.53. The molecule has 1 heterocycles. The molecule has 0 aliphatic carbocycles. The van der Waals surface area contributed by atoms with Gasteiger partial charge in [0.2, 0.25) is 15.9 Å². The van der Waals surface area contributed by atoms with Crippen molar-refractivity contribution in [3.63, 3.8) is 0 Å². The first-order valence-corrected chi connectivity index (χ1v) is 9.34. The Labute approximate surface area is 144 Å². The van der Waals surface area contributed by atoms with Crippen molar-refractivity contribution in [2.45, 2.75) is 31.1 Å². The molecule has 0 spiro atoms. The van der Waals surface area contributed by atoms with Gasteiger partial charge in [0, 0.05) is 25.3 Å². The van der Waals surface area contributed by atoms with Crippen molar-refractivity contribution in [3.8, 4) is 0 Å². The number of hydrogen-bond acceptors (Lipinski definition) is 3. The molecule has 24 heavy (non-hydrogen) atoms. The van der Waals surface area contributed by atoms with Crippen LogP contribution < -0.4 is 4.90 Å². The van der Waals surface area contributed by atoms with Gasteiger partial charge in [0.05, 0.1) is 10.3 Å². The number of anilines is 1. The topological polar surface area (TPSA) is 57.7 Å². The van der Waals surface area contributed by atoms with Crippen molar-refractivity contribution in [1.82, 2.24) is 4.31 Å². The predicted molar refractivity (Wildman–Crippen MR) is 96.6 cm³/mol. The van der Waals surface area contributed by atoms with E-state index in [2.05, 4.69) is 13.2 Å². The number of fused-ring (bicyclic) bond motifs is 1. The third-order valence-electron chi connectivity index (χ3n) is 4.33. The Morgan fingerprint density at radius 1 is 1.21 bits per heavy atom. The molecule has 1 aliphatic rings. The lowest BCUT2D eigenvalue weighted by Gasteiger charge is -2.21. The summed E-state index contributed by atoms with van der Waals surface area (Å²) in [5.74, 6) is -0.0106. The molecule has 1 amide bonds. The van der Waals surface area contributed by atoms with Gasteiger partial charge in [-0.1, -0.05) is 12.2 Å². The molecule has 6 heteroatoms. The number of hydrogen-bond donors (Lipinski definition) is 0. The number of carbonyl (C=O) groups is 1. The second-order valence-corrected chi connectivity index (χ2v) is 8.19. The maximum absolute atomic E-state index is 12.9. The highest BCUT2D eigenvalue weighted by Gasteiger charge is 2.43. The van der Waals surface area contributed by atoms with Gasteiger partial charge in [0.25, 0.3) is 0 Å². The van der Waals surface area contributed by atoms with Crippen LogP contribution in [0.25, 0.3) is 0 Å². The molecule has 1 aromatic carbocycles. The van der Waals surface area contributed by atoms with E-state index in [1.165, 1.54) is 4.31 Å². The molecule has 0 radical (unpaired) electrons. The van der Waals surface area contributed by atoms with E-state index < -0.39 is 15.4 Å². The molecule has 0 unspecified atom stereocenters. The van der Waals surface area contributed by atoms with Crippen LogP contribution in [0.4, 0.5) is 5.69 Å². The highest BCUT2D eigenvalue weighted by Crippen LogP contribution is 2.42. The highest BCUT2D eigenvalue weighted by molar-refractivity contribution is 7.89. The third kappa shape index (κ3) is 2.80. The summed E-state index contributed by atoms with van der Waals surface area (Å²) in [7, 11) is -3.68. The number of rotatable bonds is 7. The number of benzene rings is 1. The van der Waals surface area contributed by atoms with Gasteiger partial charge in [-0.15, -0.1) is 13.2 Å². The van der Waals surface area contributed by atoms with Crippen molar-refractivity contribution in [2.24, 2.45) is 0 Å². The van der Waals surface area contributed by atoms with Crippen LogP contribution in [0.2, 0.25) is 0 Å².